The maximum atomic E-state index is 12.4. The number of ether oxygens (including phenoxy) is 3. The van der Waals surface area contributed by atoms with Crippen molar-refractivity contribution in [2.75, 3.05) is 20.3 Å². The second-order valence-electron chi connectivity index (χ2n) is 7.42. The summed E-state index contributed by atoms with van der Waals surface area (Å²) in [4.78, 5) is 12.4. The van der Waals surface area contributed by atoms with Gasteiger partial charge in [-0.3, -0.25) is 4.79 Å². The van der Waals surface area contributed by atoms with Crippen molar-refractivity contribution in [1.82, 2.24) is 10.0 Å². The minimum atomic E-state index is -3.71. The van der Waals surface area contributed by atoms with Crippen LogP contribution in [-0.2, 0) is 14.8 Å². The van der Waals surface area contributed by atoms with Crippen molar-refractivity contribution in [3.05, 3.63) is 48.0 Å². The van der Waals surface area contributed by atoms with E-state index in [1.165, 1.54) is 12.1 Å². The third-order valence-electron chi connectivity index (χ3n) is 4.52. The number of carbonyl (C=O) groups excluding carboxylic acids is 1. The van der Waals surface area contributed by atoms with Gasteiger partial charge in [0.25, 0.3) is 0 Å². The van der Waals surface area contributed by atoms with Crippen LogP contribution in [0.5, 0.6) is 17.2 Å². The van der Waals surface area contributed by atoms with Crippen molar-refractivity contribution in [3.8, 4) is 17.2 Å². The number of hydrogen-bond acceptors (Lipinski definition) is 6. The van der Waals surface area contributed by atoms with Crippen LogP contribution in [0, 0.1) is 0 Å². The van der Waals surface area contributed by atoms with Crippen LogP contribution < -0.4 is 24.2 Å². The molecule has 2 aromatic rings. The minimum absolute atomic E-state index is 0.00623. The maximum absolute atomic E-state index is 12.4. The summed E-state index contributed by atoms with van der Waals surface area (Å²) >= 11 is 0. The highest BCUT2D eigenvalue weighted by Crippen LogP contribution is 2.31. The average molecular weight is 465 g/mol. The molecule has 2 aromatic carbocycles. The first-order valence-electron chi connectivity index (χ1n) is 10.5. The molecule has 32 heavy (non-hydrogen) atoms. The molecule has 1 unspecified atom stereocenters. The van der Waals surface area contributed by atoms with Crippen molar-refractivity contribution in [1.29, 1.82) is 0 Å². The third kappa shape index (κ3) is 7.42. The van der Waals surface area contributed by atoms with E-state index in [4.69, 9.17) is 14.2 Å². The summed E-state index contributed by atoms with van der Waals surface area (Å²) in [5.41, 5.74) is 0.848. The van der Waals surface area contributed by atoms with E-state index in [1.807, 2.05) is 45.9 Å². The fourth-order valence-electron chi connectivity index (χ4n) is 2.97. The Morgan fingerprint density at radius 2 is 1.72 bits per heavy atom. The van der Waals surface area contributed by atoms with Crippen molar-refractivity contribution < 1.29 is 27.4 Å². The summed E-state index contributed by atoms with van der Waals surface area (Å²) in [5, 5.41) is 2.87. The molecule has 1 atom stereocenters. The normalized spacial score (nSPS) is 12.3. The average Bonchev–Trinajstić information content (AvgIpc) is 2.74. The highest BCUT2D eigenvalue weighted by Gasteiger charge is 2.16. The number of sulfonamides is 1. The van der Waals surface area contributed by atoms with E-state index in [0.29, 0.717) is 23.9 Å². The zero-order chi connectivity index (χ0) is 23.7. The molecular weight excluding hydrogens is 432 g/mol. The number of nitrogens with one attached hydrogen (secondary N) is 2. The Balaban J connectivity index is 1.89. The molecule has 0 aliphatic heterocycles. The molecule has 0 fully saturated rings. The zero-order valence-electron chi connectivity index (χ0n) is 19.2. The summed E-state index contributed by atoms with van der Waals surface area (Å²) in [6.07, 6.45) is 0.0185. The lowest BCUT2D eigenvalue weighted by molar-refractivity contribution is -0.121. The Labute approximate surface area is 190 Å². The summed E-state index contributed by atoms with van der Waals surface area (Å²) in [6.45, 7) is 8.05. The zero-order valence-corrected chi connectivity index (χ0v) is 20.0. The van der Waals surface area contributed by atoms with Crippen LogP contribution in [0.15, 0.2) is 47.4 Å². The van der Waals surface area contributed by atoms with Crippen LogP contribution in [0.3, 0.4) is 0 Å². The lowest BCUT2D eigenvalue weighted by Crippen LogP contribution is -2.32. The summed E-state index contributed by atoms with van der Waals surface area (Å²) in [6, 6.07) is 11.3. The van der Waals surface area contributed by atoms with E-state index in [9.17, 15) is 13.2 Å². The molecule has 0 saturated heterocycles. The highest BCUT2D eigenvalue weighted by molar-refractivity contribution is 7.89. The number of hydrogen-bond donors (Lipinski definition) is 2. The molecule has 0 aliphatic carbocycles. The van der Waals surface area contributed by atoms with Crippen LogP contribution in [0.4, 0.5) is 0 Å². The predicted octanol–water partition coefficient (Wildman–Crippen LogP) is 3.43. The van der Waals surface area contributed by atoms with Crippen LogP contribution in [-0.4, -0.2) is 40.7 Å². The minimum Gasteiger partial charge on any atom is -0.494 e. The Morgan fingerprint density at radius 1 is 1.03 bits per heavy atom. The van der Waals surface area contributed by atoms with E-state index in [2.05, 4.69) is 10.0 Å². The molecular formula is C23H32N2O6S. The smallest absolute Gasteiger partial charge is 0.240 e. The van der Waals surface area contributed by atoms with Gasteiger partial charge < -0.3 is 19.5 Å². The molecule has 2 rings (SSSR count). The van der Waals surface area contributed by atoms with Crippen molar-refractivity contribution in [2.45, 2.75) is 51.2 Å². The summed E-state index contributed by atoms with van der Waals surface area (Å²) < 4.78 is 43.6. The highest BCUT2D eigenvalue weighted by atomic mass is 32.2. The van der Waals surface area contributed by atoms with Gasteiger partial charge in [0.2, 0.25) is 15.9 Å². The molecule has 0 aliphatic rings. The predicted molar refractivity (Wildman–Crippen MR) is 123 cm³/mol. The monoisotopic (exact) mass is 464 g/mol. The van der Waals surface area contributed by atoms with Crippen molar-refractivity contribution in [2.24, 2.45) is 0 Å². The molecule has 8 nitrogen and oxygen atoms in total. The van der Waals surface area contributed by atoms with Gasteiger partial charge in [-0.15, -0.1) is 0 Å². The van der Waals surface area contributed by atoms with E-state index >= 15 is 0 Å². The van der Waals surface area contributed by atoms with E-state index < -0.39 is 10.0 Å². The van der Waals surface area contributed by atoms with Crippen LogP contribution in [0.2, 0.25) is 0 Å². The first-order chi connectivity index (χ1) is 15.2. The van der Waals surface area contributed by atoms with Gasteiger partial charge in [0.1, 0.15) is 5.75 Å². The van der Waals surface area contributed by atoms with Gasteiger partial charge in [-0.2, -0.15) is 0 Å². The topological polar surface area (TPSA) is 103 Å². The molecule has 2 N–H and O–H groups in total. The third-order valence-corrected chi connectivity index (χ3v) is 5.99. The van der Waals surface area contributed by atoms with Crippen molar-refractivity contribution >= 4 is 15.9 Å². The van der Waals surface area contributed by atoms with Gasteiger partial charge in [0, 0.05) is 13.0 Å². The van der Waals surface area contributed by atoms with Crippen LogP contribution >= 0.6 is 0 Å². The van der Waals surface area contributed by atoms with Gasteiger partial charge >= 0.3 is 0 Å². The van der Waals surface area contributed by atoms with Gasteiger partial charge in [-0.1, -0.05) is 6.07 Å². The van der Waals surface area contributed by atoms with E-state index in [-0.39, 0.29) is 35.9 Å². The first-order valence-corrected chi connectivity index (χ1v) is 12.0. The standard InChI is InChI=1S/C23H32N2O6S/c1-6-30-19-8-10-20(11-9-19)32(27,28)24-14-13-23(26)25-17(4)18-7-12-21(31-16(2)3)22(15-18)29-5/h7-12,15-17,24H,6,13-14H2,1-5H3,(H,25,26). The lowest BCUT2D eigenvalue weighted by atomic mass is 10.1. The summed E-state index contributed by atoms with van der Waals surface area (Å²) in [7, 11) is -2.15. The van der Waals surface area contributed by atoms with Crippen molar-refractivity contribution in [3.63, 3.8) is 0 Å². The lowest BCUT2D eigenvalue weighted by Gasteiger charge is -2.18. The van der Waals surface area contributed by atoms with Gasteiger partial charge in [-0.25, -0.2) is 13.1 Å². The molecule has 0 saturated carbocycles. The fourth-order valence-corrected chi connectivity index (χ4v) is 4.00. The number of carbonyl (C=O) groups is 1. The SMILES string of the molecule is CCOc1ccc(S(=O)(=O)NCCC(=O)NC(C)c2ccc(OC(C)C)c(OC)c2)cc1. The Bertz CT molecular complexity index is 990. The molecule has 0 heterocycles. The second kappa shape index (κ2) is 11.7. The van der Waals surface area contributed by atoms with Gasteiger partial charge in [0.05, 0.1) is 30.8 Å². The van der Waals surface area contributed by atoms with Gasteiger partial charge in [-0.05, 0) is 69.7 Å². The van der Waals surface area contributed by atoms with E-state index in [1.54, 1.807) is 19.2 Å². The number of benzene rings is 2. The molecule has 0 spiro atoms. The number of amides is 1. The van der Waals surface area contributed by atoms with Crippen LogP contribution in [0.25, 0.3) is 0 Å². The largest absolute Gasteiger partial charge is 0.494 e. The Hall–Kier alpha value is -2.78. The van der Waals surface area contributed by atoms with Gasteiger partial charge in [0.15, 0.2) is 11.5 Å². The number of rotatable bonds is 12. The Kier molecular flexibility index (Phi) is 9.34. The van der Waals surface area contributed by atoms with Crippen LogP contribution in [0.1, 0.15) is 45.7 Å². The van der Waals surface area contributed by atoms with E-state index in [0.717, 1.165) is 5.56 Å². The second-order valence-corrected chi connectivity index (χ2v) is 9.19. The quantitative estimate of drug-likeness (QED) is 0.499. The fraction of sp³-hybridized carbons (Fsp3) is 0.435. The molecule has 0 bridgehead atoms. The first kappa shape index (κ1) is 25.5. The molecule has 0 aromatic heterocycles. The summed E-state index contributed by atoms with van der Waals surface area (Å²) in [5.74, 6) is 1.54. The Morgan fingerprint density at radius 3 is 2.31 bits per heavy atom. The molecule has 1 amide bonds. The molecule has 176 valence electrons. The maximum Gasteiger partial charge on any atom is 0.240 e. The number of methoxy groups -OCH3 is 1. The molecule has 9 heteroatoms. The molecule has 0 radical (unpaired) electrons.